The molecule has 1 fully saturated rings. The Hall–Kier alpha value is -1.42. The van der Waals surface area contributed by atoms with Crippen molar-refractivity contribution in [3.8, 4) is 0 Å². The summed E-state index contributed by atoms with van der Waals surface area (Å²) in [6.07, 6.45) is 0.330. The van der Waals surface area contributed by atoms with E-state index in [9.17, 15) is 9.18 Å². The van der Waals surface area contributed by atoms with Gasteiger partial charge in [-0.1, -0.05) is 12.1 Å². The van der Waals surface area contributed by atoms with Gasteiger partial charge in [0, 0.05) is 5.92 Å². The first-order chi connectivity index (χ1) is 7.70. The van der Waals surface area contributed by atoms with E-state index in [0.717, 1.165) is 5.56 Å². The van der Waals surface area contributed by atoms with Gasteiger partial charge in [-0.15, -0.1) is 0 Å². The van der Waals surface area contributed by atoms with E-state index in [1.54, 1.807) is 12.1 Å². The number of halogens is 1. The summed E-state index contributed by atoms with van der Waals surface area (Å²) in [6, 6.07) is 6.15. The Labute approximate surface area is 93.2 Å². The molecule has 0 spiro atoms. The number of epoxide rings is 1. The first-order valence-electron chi connectivity index (χ1n) is 5.14. The number of ether oxygens (including phenoxy) is 2. The molecule has 1 aromatic carbocycles. The summed E-state index contributed by atoms with van der Waals surface area (Å²) in [5.41, 5.74) is 0.911. The third-order valence-corrected chi connectivity index (χ3v) is 2.72. The van der Waals surface area contributed by atoms with Crippen molar-refractivity contribution in [1.29, 1.82) is 0 Å². The van der Waals surface area contributed by atoms with Crippen molar-refractivity contribution in [2.75, 3.05) is 13.7 Å². The quantitative estimate of drug-likeness (QED) is 0.579. The Bertz CT molecular complexity index is 370. The highest BCUT2D eigenvalue weighted by atomic mass is 19.1. The average molecular weight is 224 g/mol. The molecule has 0 N–H and O–H groups in total. The Morgan fingerprint density at radius 3 is 2.69 bits per heavy atom. The summed E-state index contributed by atoms with van der Waals surface area (Å²) in [6.45, 7) is 0.652. The maximum atomic E-state index is 12.8. The highest BCUT2D eigenvalue weighted by molar-refractivity contribution is 5.70. The lowest BCUT2D eigenvalue weighted by Crippen LogP contribution is -2.13. The van der Waals surface area contributed by atoms with Crippen LogP contribution in [-0.2, 0) is 14.3 Å². The summed E-state index contributed by atoms with van der Waals surface area (Å²) in [5.74, 6) is -0.588. The minimum absolute atomic E-state index is 0.0342. The van der Waals surface area contributed by atoms with E-state index in [4.69, 9.17) is 4.74 Å². The Morgan fingerprint density at radius 2 is 2.19 bits per heavy atom. The van der Waals surface area contributed by atoms with Crippen LogP contribution in [-0.4, -0.2) is 25.8 Å². The zero-order valence-electron chi connectivity index (χ0n) is 8.98. The third-order valence-electron chi connectivity index (χ3n) is 2.72. The SMILES string of the molecule is COC(=O)C[C@H](c1ccc(F)cc1)[C@H]1CO1. The molecule has 0 aromatic heterocycles. The van der Waals surface area contributed by atoms with Crippen LogP contribution >= 0.6 is 0 Å². The number of carbonyl (C=O) groups excluding carboxylic acids is 1. The fourth-order valence-electron chi connectivity index (χ4n) is 1.72. The van der Waals surface area contributed by atoms with Crippen molar-refractivity contribution < 1.29 is 18.7 Å². The van der Waals surface area contributed by atoms with E-state index in [-0.39, 0.29) is 30.2 Å². The summed E-state index contributed by atoms with van der Waals surface area (Å²) in [5, 5.41) is 0. The molecule has 2 atom stereocenters. The molecule has 1 saturated heterocycles. The molecule has 1 aromatic rings. The van der Waals surface area contributed by atoms with Gasteiger partial charge in [0.2, 0.25) is 0 Å². The van der Waals surface area contributed by atoms with E-state index < -0.39 is 0 Å². The lowest BCUT2D eigenvalue weighted by atomic mass is 9.93. The monoisotopic (exact) mass is 224 g/mol. The van der Waals surface area contributed by atoms with Gasteiger partial charge in [0.15, 0.2) is 0 Å². The smallest absolute Gasteiger partial charge is 0.306 e. The molecule has 0 saturated carbocycles. The van der Waals surface area contributed by atoms with Gasteiger partial charge in [0.1, 0.15) is 5.82 Å². The fraction of sp³-hybridized carbons (Fsp3) is 0.417. The van der Waals surface area contributed by atoms with Crippen molar-refractivity contribution >= 4 is 5.97 Å². The summed E-state index contributed by atoms with van der Waals surface area (Å²) in [7, 11) is 1.36. The molecule has 0 unspecified atom stereocenters. The van der Waals surface area contributed by atoms with Gasteiger partial charge < -0.3 is 9.47 Å². The topological polar surface area (TPSA) is 38.8 Å². The Kier molecular flexibility index (Phi) is 3.19. The molecule has 4 heteroatoms. The van der Waals surface area contributed by atoms with Crippen molar-refractivity contribution in [2.24, 2.45) is 0 Å². The van der Waals surface area contributed by atoms with Crippen LogP contribution in [0.25, 0.3) is 0 Å². The zero-order chi connectivity index (χ0) is 11.5. The molecular weight excluding hydrogens is 211 g/mol. The van der Waals surface area contributed by atoms with Crippen molar-refractivity contribution in [2.45, 2.75) is 18.4 Å². The molecular formula is C12H13FO3. The second-order valence-corrected chi connectivity index (χ2v) is 3.81. The second-order valence-electron chi connectivity index (χ2n) is 3.81. The molecule has 1 aliphatic rings. The lowest BCUT2D eigenvalue weighted by Gasteiger charge is -2.13. The molecule has 1 aliphatic heterocycles. The molecule has 0 aliphatic carbocycles. The predicted molar refractivity (Wildman–Crippen MR) is 55.5 cm³/mol. The van der Waals surface area contributed by atoms with Crippen LogP contribution in [0.1, 0.15) is 17.9 Å². The summed E-state index contributed by atoms with van der Waals surface area (Å²) < 4.78 is 22.6. The predicted octanol–water partition coefficient (Wildman–Crippen LogP) is 1.87. The fourth-order valence-corrected chi connectivity index (χ4v) is 1.72. The molecule has 86 valence electrons. The zero-order valence-corrected chi connectivity index (χ0v) is 8.98. The minimum Gasteiger partial charge on any atom is -0.469 e. The van der Waals surface area contributed by atoms with Crippen LogP contribution in [0.5, 0.6) is 0 Å². The number of methoxy groups -OCH3 is 1. The first kappa shape index (κ1) is 11.1. The van der Waals surface area contributed by atoms with Gasteiger partial charge in [-0.3, -0.25) is 4.79 Å². The van der Waals surface area contributed by atoms with Crippen LogP contribution in [0.15, 0.2) is 24.3 Å². The van der Waals surface area contributed by atoms with E-state index in [1.165, 1.54) is 19.2 Å². The number of hydrogen-bond acceptors (Lipinski definition) is 3. The average Bonchev–Trinajstić information content (AvgIpc) is 3.11. The standard InChI is InChI=1S/C12H13FO3/c1-15-12(14)6-10(11-7-16-11)8-2-4-9(13)5-3-8/h2-5,10-11H,6-7H2,1H3/t10-,11-/m1/s1. The van der Waals surface area contributed by atoms with Crippen LogP contribution in [0.4, 0.5) is 4.39 Å². The highest BCUT2D eigenvalue weighted by Gasteiger charge is 2.35. The van der Waals surface area contributed by atoms with Crippen LogP contribution in [0, 0.1) is 5.82 Å². The molecule has 1 heterocycles. The van der Waals surface area contributed by atoms with Gasteiger partial charge in [-0.2, -0.15) is 0 Å². The van der Waals surface area contributed by atoms with E-state index in [0.29, 0.717) is 6.61 Å². The highest BCUT2D eigenvalue weighted by Crippen LogP contribution is 2.33. The lowest BCUT2D eigenvalue weighted by molar-refractivity contribution is -0.141. The van der Waals surface area contributed by atoms with E-state index >= 15 is 0 Å². The van der Waals surface area contributed by atoms with Crippen LogP contribution in [0.2, 0.25) is 0 Å². The number of carbonyl (C=O) groups is 1. The van der Waals surface area contributed by atoms with Gasteiger partial charge in [-0.05, 0) is 17.7 Å². The maximum Gasteiger partial charge on any atom is 0.306 e. The van der Waals surface area contributed by atoms with Gasteiger partial charge in [0.25, 0.3) is 0 Å². The minimum atomic E-state index is -0.280. The van der Waals surface area contributed by atoms with Gasteiger partial charge in [-0.25, -0.2) is 4.39 Å². The number of esters is 1. The second kappa shape index (κ2) is 4.61. The van der Waals surface area contributed by atoms with Gasteiger partial charge >= 0.3 is 5.97 Å². The summed E-state index contributed by atoms with van der Waals surface area (Å²) >= 11 is 0. The Morgan fingerprint density at radius 1 is 1.56 bits per heavy atom. The summed E-state index contributed by atoms with van der Waals surface area (Å²) in [4.78, 5) is 11.2. The third kappa shape index (κ3) is 2.58. The van der Waals surface area contributed by atoms with Crippen molar-refractivity contribution in [1.82, 2.24) is 0 Å². The van der Waals surface area contributed by atoms with E-state index in [1.807, 2.05) is 0 Å². The molecule has 16 heavy (non-hydrogen) atoms. The Balaban J connectivity index is 2.12. The molecule has 0 bridgehead atoms. The maximum absolute atomic E-state index is 12.8. The first-order valence-corrected chi connectivity index (χ1v) is 5.14. The largest absolute Gasteiger partial charge is 0.469 e. The molecule has 2 rings (SSSR count). The van der Waals surface area contributed by atoms with Crippen molar-refractivity contribution in [3.63, 3.8) is 0 Å². The number of rotatable bonds is 4. The van der Waals surface area contributed by atoms with Crippen LogP contribution in [0.3, 0.4) is 0 Å². The molecule has 3 nitrogen and oxygen atoms in total. The van der Waals surface area contributed by atoms with Gasteiger partial charge in [0.05, 0.1) is 26.2 Å². The molecule has 0 radical (unpaired) electrons. The van der Waals surface area contributed by atoms with E-state index in [2.05, 4.69) is 4.74 Å². The number of benzene rings is 1. The normalized spacial score (nSPS) is 20.2. The van der Waals surface area contributed by atoms with Crippen LogP contribution < -0.4 is 0 Å². The number of hydrogen-bond donors (Lipinski definition) is 0. The van der Waals surface area contributed by atoms with Crippen molar-refractivity contribution in [3.05, 3.63) is 35.6 Å². The molecule has 0 amide bonds.